The fourth-order valence-electron chi connectivity index (χ4n) is 3.73. The molecular weight excluding hydrogens is 374 g/mol. The molecule has 0 aliphatic carbocycles. The number of ether oxygens (including phenoxy) is 1. The largest absolute Gasteiger partial charge is 0.465 e. The number of esters is 1. The van der Waals surface area contributed by atoms with Crippen LogP contribution in [0.25, 0.3) is 0 Å². The summed E-state index contributed by atoms with van der Waals surface area (Å²) < 4.78 is 4.62. The van der Waals surface area contributed by atoms with Gasteiger partial charge in [0.05, 0.1) is 24.8 Å². The van der Waals surface area contributed by atoms with Crippen molar-refractivity contribution in [2.75, 3.05) is 29.2 Å². The summed E-state index contributed by atoms with van der Waals surface area (Å²) in [5.41, 5.74) is 4.05. The van der Waals surface area contributed by atoms with Crippen LogP contribution < -0.4 is 15.5 Å². The van der Waals surface area contributed by atoms with Gasteiger partial charge in [-0.2, -0.15) is 0 Å². The maximum Gasteiger partial charge on any atom is 0.337 e. The van der Waals surface area contributed by atoms with Crippen molar-refractivity contribution in [2.24, 2.45) is 0 Å². The summed E-state index contributed by atoms with van der Waals surface area (Å²) in [5, 5.41) is 5.09. The Hall–Kier alpha value is -3.68. The van der Waals surface area contributed by atoms with Crippen LogP contribution in [0.4, 0.5) is 17.1 Å². The third kappa shape index (κ3) is 3.56. The normalized spacial score (nSPS) is 14.2. The molecule has 0 saturated heterocycles. The lowest BCUT2D eigenvalue weighted by Crippen LogP contribution is -2.31. The van der Waals surface area contributed by atoms with E-state index in [-0.39, 0.29) is 5.91 Å². The van der Waals surface area contributed by atoms with E-state index in [0.29, 0.717) is 23.4 Å². The number of aryl methyl sites for hydroxylation is 1. The summed E-state index contributed by atoms with van der Waals surface area (Å²) in [6.45, 7) is 0.724. The van der Waals surface area contributed by atoms with Crippen molar-refractivity contribution in [3.63, 3.8) is 0 Å². The average Bonchev–Trinajstić information content (AvgIpc) is 3.04. The fourth-order valence-corrected chi connectivity index (χ4v) is 3.73. The molecular formula is C21H19N3O5. The number of methoxy groups -OCH3 is 1. The van der Waals surface area contributed by atoms with Gasteiger partial charge in [-0.25, -0.2) is 4.79 Å². The van der Waals surface area contributed by atoms with E-state index in [0.717, 1.165) is 36.2 Å². The van der Waals surface area contributed by atoms with Crippen LogP contribution in [0.15, 0.2) is 36.4 Å². The van der Waals surface area contributed by atoms with Crippen LogP contribution in [0.3, 0.4) is 0 Å². The second-order valence-electron chi connectivity index (χ2n) is 6.95. The zero-order valence-corrected chi connectivity index (χ0v) is 15.8. The van der Waals surface area contributed by atoms with E-state index in [1.165, 1.54) is 31.4 Å². The topological polar surface area (TPSA) is 105 Å². The van der Waals surface area contributed by atoms with Crippen LogP contribution >= 0.6 is 0 Å². The zero-order chi connectivity index (χ0) is 20.5. The van der Waals surface area contributed by atoms with Crippen molar-refractivity contribution in [2.45, 2.75) is 19.3 Å². The SMILES string of the molecule is COC(=O)c1ccc(NC(=O)C(=O)Nc2cc3c4c(c2)CC(=O)N4CCC3)cc1. The summed E-state index contributed by atoms with van der Waals surface area (Å²) in [7, 11) is 1.28. The minimum Gasteiger partial charge on any atom is -0.465 e. The first-order chi connectivity index (χ1) is 14.0. The summed E-state index contributed by atoms with van der Waals surface area (Å²) in [4.78, 5) is 49.9. The van der Waals surface area contributed by atoms with Crippen molar-refractivity contribution >= 4 is 40.8 Å². The van der Waals surface area contributed by atoms with Gasteiger partial charge < -0.3 is 20.3 Å². The molecule has 0 unspecified atom stereocenters. The predicted octanol–water partition coefficient (Wildman–Crippen LogP) is 1.89. The number of carbonyl (C=O) groups is 4. The minimum absolute atomic E-state index is 0.0672. The van der Waals surface area contributed by atoms with Gasteiger partial charge in [0.15, 0.2) is 0 Å². The Bertz CT molecular complexity index is 1030. The van der Waals surface area contributed by atoms with Gasteiger partial charge in [0.1, 0.15) is 0 Å². The predicted molar refractivity (Wildman–Crippen MR) is 106 cm³/mol. The highest BCUT2D eigenvalue weighted by molar-refractivity contribution is 6.43. The molecule has 2 aliphatic heterocycles. The molecule has 0 atom stereocenters. The lowest BCUT2D eigenvalue weighted by Gasteiger charge is -2.26. The number of nitrogens with one attached hydrogen (secondary N) is 2. The molecule has 0 radical (unpaired) electrons. The smallest absolute Gasteiger partial charge is 0.337 e. The van der Waals surface area contributed by atoms with E-state index >= 15 is 0 Å². The average molecular weight is 393 g/mol. The van der Waals surface area contributed by atoms with Crippen molar-refractivity contribution in [3.8, 4) is 0 Å². The molecule has 4 rings (SSSR count). The second kappa shape index (κ2) is 7.38. The molecule has 0 saturated carbocycles. The molecule has 0 bridgehead atoms. The number of carbonyl (C=O) groups excluding carboxylic acids is 4. The molecule has 29 heavy (non-hydrogen) atoms. The van der Waals surface area contributed by atoms with Crippen LogP contribution in [0.5, 0.6) is 0 Å². The van der Waals surface area contributed by atoms with Gasteiger partial charge in [-0.15, -0.1) is 0 Å². The second-order valence-corrected chi connectivity index (χ2v) is 6.95. The first-order valence-electron chi connectivity index (χ1n) is 9.23. The number of amides is 3. The molecule has 8 heteroatoms. The number of rotatable bonds is 3. The van der Waals surface area contributed by atoms with Crippen molar-refractivity contribution in [1.82, 2.24) is 0 Å². The molecule has 2 aromatic carbocycles. The third-order valence-electron chi connectivity index (χ3n) is 5.04. The molecule has 0 spiro atoms. The summed E-state index contributed by atoms with van der Waals surface area (Å²) in [6, 6.07) is 9.58. The number of hydrogen-bond donors (Lipinski definition) is 2. The van der Waals surface area contributed by atoms with Gasteiger partial charge in [-0.3, -0.25) is 14.4 Å². The lowest BCUT2D eigenvalue weighted by atomic mass is 9.99. The Kier molecular flexibility index (Phi) is 4.75. The highest BCUT2D eigenvalue weighted by Crippen LogP contribution is 2.38. The van der Waals surface area contributed by atoms with Gasteiger partial charge in [0, 0.05) is 17.9 Å². The number of hydrogen-bond acceptors (Lipinski definition) is 5. The number of nitrogens with zero attached hydrogens (tertiary/aromatic N) is 1. The maximum atomic E-state index is 12.3. The first kappa shape index (κ1) is 18.7. The molecule has 148 valence electrons. The van der Waals surface area contributed by atoms with Gasteiger partial charge >= 0.3 is 17.8 Å². The molecule has 2 aliphatic rings. The van der Waals surface area contributed by atoms with Crippen molar-refractivity contribution in [3.05, 3.63) is 53.1 Å². The van der Waals surface area contributed by atoms with E-state index in [1.807, 2.05) is 6.07 Å². The van der Waals surface area contributed by atoms with Gasteiger partial charge in [0.25, 0.3) is 0 Å². The van der Waals surface area contributed by atoms with E-state index in [2.05, 4.69) is 15.4 Å². The van der Waals surface area contributed by atoms with Crippen LogP contribution in [-0.2, 0) is 32.0 Å². The fraction of sp³-hybridized carbons (Fsp3) is 0.238. The molecule has 2 N–H and O–H groups in total. The number of anilines is 3. The first-order valence-corrected chi connectivity index (χ1v) is 9.23. The third-order valence-corrected chi connectivity index (χ3v) is 5.04. The lowest BCUT2D eigenvalue weighted by molar-refractivity contribution is -0.132. The highest BCUT2D eigenvalue weighted by Gasteiger charge is 2.32. The van der Waals surface area contributed by atoms with Crippen LogP contribution in [0.2, 0.25) is 0 Å². The van der Waals surface area contributed by atoms with Crippen LogP contribution in [-0.4, -0.2) is 37.3 Å². The Morgan fingerprint density at radius 2 is 1.62 bits per heavy atom. The summed E-state index contributed by atoms with van der Waals surface area (Å²) >= 11 is 0. The summed E-state index contributed by atoms with van der Waals surface area (Å²) in [6.07, 6.45) is 2.01. The Morgan fingerprint density at radius 1 is 0.966 bits per heavy atom. The molecule has 8 nitrogen and oxygen atoms in total. The van der Waals surface area contributed by atoms with E-state index in [4.69, 9.17) is 0 Å². The minimum atomic E-state index is -0.831. The van der Waals surface area contributed by atoms with E-state index < -0.39 is 17.8 Å². The molecule has 2 aromatic rings. The van der Waals surface area contributed by atoms with Crippen molar-refractivity contribution < 1.29 is 23.9 Å². The monoisotopic (exact) mass is 393 g/mol. The standard InChI is InChI=1S/C21H19N3O5/c1-29-21(28)12-4-6-15(7-5-12)22-19(26)20(27)23-16-9-13-3-2-8-24-17(25)11-14(10-16)18(13)24/h4-7,9-10H,2-3,8,11H2,1H3,(H,22,26)(H,23,27). The summed E-state index contributed by atoms with van der Waals surface area (Å²) in [5.74, 6) is -2.07. The Labute approximate surface area is 166 Å². The van der Waals surface area contributed by atoms with Gasteiger partial charge in [-0.1, -0.05) is 0 Å². The Balaban J connectivity index is 1.45. The van der Waals surface area contributed by atoms with Gasteiger partial charge in [-0.05, 0) is 60.4 Å². The van der Waals surface area contributed by atoms with Gasteiger partial charge in [0.2, 0.25) is 5.91 Å². The zero-order valence-electron chi connectivity index (χ0n) is 15.8. The molecule has 0 aromatic heterocycles. The van der Waals surface area contributed by atoms with Crippen LogP contribution in [0.1, 0.15) is 27.9 Å². The Morgan fingerprint density at radius 3 is 2.31 bits per heavy atom. The maximum absolute atomic E-state index is 12.3. The van der Waals surface area contributed by atoms with E-state index in [1.54, 1.807) is 11.0 Å². The quantitative estimate of drug-likeness (QED) is 0.612. The molecule has 3 amide bonds. The van der Waals surface area contributed by atoms with E-state index in [9.17, 15) is 19.2 Å². The molecule has 0 fully saturated rings. The number of benzene rings is 2. The highest BCUT2D eigenvalue weighted by atomic mass is 16.5. The van der Waals surface area contributed by atoms with Crippen LogP contribution in [0, 0.1) is 0 Å². The van der Waals surface area contributed by atoms with Crippen molar-refractivity contribution in [1.29, 1.82) is 0 Å². The molecule has 2 heterocycles.